The summed E-state index contributed by atoms with van der Waals surface area (Å²) >= 11 is 6.29. The molecule has 1 heterocycles. The Morgan fingerprint density at radius 3 is 2.63 bits per heavy atom. The van der Waals surface area contributed by atoms with Crippen molar-refractivity contribution in [2.24, 2.45) is 11.8 Å². The molecular weight excluding hydrogens is 632 g/mol. The lowest BCUT2D eigenvalue weighted by Crippen LogP contribution is -2.53. The fourth-order valence-electron chi connectivity index (χ4n) is 9.15. The Hall–Kier alpha value is -4.03. The maximum atomic E-state index is 13.0. The molecule has 4 aromatic rings. The number of hydrogen-bond donors (Lipinski definition) is 2. The smallest absolute Gasteiger partial charge is 0.329 e. The van der Waals surface area contributed by atoms with E-state index in [9.17, 15) is 9.90 Å². The van der Waals surface area contributed by atoms with Crippen molar-refractivity contribution in [3.63, 3.8) is 0 Å². The van der Waals surface area contributed by atoms with Gasteiger partial charge in [0.05, 0.1) is 13.7 Å². The lowest BCUT2D eigenvalue weighted by atomic mass is 9.59. The van der Waals surface area contributed by atoms with Gasteiger partial charge >= 0.3 is 5.97 Å². The summed E-state index contributed by atoms with van der Waals surface area (Å²) in [5.74, 6) is 2.19. The molecule has 0 amide bonds. The number of fused-ring (bicyclic) bond motifs is 3. The van der Waals surface area contributed by atoms with Crippen LogP contribution in [-0.4, -0.2) is 35.3 Å². The second kappa shape index (κ2) is 13.7. The van der Waals surface area contributed by atoms with Crippen LogP contribution in [0.15, 0.2) is 79.0 Å². The van der Waals surface area contributed by atoms with Crippen molar-refractivity contribution < 1.29 is 19.4 Å². The molecule has 0 unspecified atom stereocenters. The highest BCUT2D eigenvalue weighted by atomic mass is 35.5. The first kappa shape index (κ1) is 33.5. The fraction of sp³-hybridized carbons (Fsp3) is 0.429. The quantitative estimate of drug-likeness (QED) is 0.174. The van der Waals surface area contributed by atoms with Crippen LogP contribution in [-0.2, 0) is 23.1 Å². The lowest BCUT2D eigenvalue weighted by Gasteiger charge is -2.47. The Kier molecular flexibility index (Phi) is 9.36. The number of carboxylic acids is 1. The van der Waals surface area contributed by atoms with E-state index in [4.69, 9.17) is 21.1 Å². The van der Waals surface area contributed by atoms with Gasteiger partial charge in [-0.15, -0.1) is 0 Å². The normalized spacial score (nSPS) is 24.9. The highest BCUT2D eigenvalue weighted by Gasteiger charge is 2.54. The fourth-order valence-corrected chi connectivity index (χ4v) is 9.34. The Bertz CT molecular complexity index is 1830. The van der Waals surface area contributed by atoms with E-state index in [1.165, 1.54) is 35.2 Å². The summed E-state index contributed by atoms with van der Waals surface area (Å²) in [6, 6.07) is 24.5. The van der Waals surface area contributed by atoms with Crippen molar-refractivity contribution in [2.75, 3.05) is 19.0 Å². The molecule has 3 aliphatic carbocycles. The molecule has 0 aliphatic heterocycles. The Morgan fingerprint density at radius 1 is 1.04 bits per heavy atom. The third-order valence-corrected chi connectivity index (χ3v) is 11.9. The second-order valence-electron chi connectivity index (χ2n) is 14.8. The van der Waals surface area contributed by atoms with Crippen LogP contribution in [0.1, 0.15) is 87.1 Å². The summed E-state index contributed by atoms with van der Waals surface area (Å²) in [4.78, 5) is 17.7. The van der Waals surface area contributed by atoms with Gasteiger partial charge in [-0.2, -0.15) is 0 Å². The van der Waals surface area contributed by atoms with Gasteiger partial charge in [-0.1, -0.05) is 67.9 Å². The molecule has 1 aromatic heterocycles. The molecule has 1 fully saturated rings. The number of pyridine rings is 1. The molecule has 0 radical (unpaired) electrons. The monoisotopic (exact) mass is 678 g/mol. The minimum atomic E-state index is -1.06. The number of para-hydroxylation sites is 1. The predicted molar refractivity (Wildman–Crippen MR) is 196 cm³/mol. The largest absolute Gasteiger partial charge is 0.496 e. The number of nitrogens with one attached hydrogen (secondary N) is 1. The maximum Gasteiger partial charge on any atom is 0.329 e. The van der Waals surface area contributed by atoms with Gasteiger partial charge in [0.25, 0.3) is 0 Å². The molecule has 3 atom stereocenters. The Labute approximate surface area is 295 Å². The first-order valence-corrected chi connectivity index (χ1v) is 18.2. The predicted octanol–water partition coefficient (Wildman–Crippen LogP) is 9.88. The number of halogens is 1. The molecule has 0 bridgehead atoms. The minimum Gasteiger partial charge on any atom is -0.496 e. The van der Waals surface area contributed by atoms with Gasteiger partial charge < -0.3 is 19.9 Å². The number of hydrogen-bond acceptors (Lipinski definition) is 5. The first-order chi connectivity index (χ1) is 23.7. The molecule has 0 saturated heterocycles. The van der Waals surface area contributed by atoms with E-state index >= 15 is 0 Å². The number of benzene rings is 3. The summed E-state index contributed by atoms with van der Waals surface area (Å²) in [6.07, 6.45) is 9.87. The average molecular weight is 679 g/mol. The minimum absolute atomic E-state index is 0.138. The molecule has 3 aromatic carbocycles. The molecule has 2 N–H and O–H groups in total. The van der Waals surface area contributed by atoms with Gasteiger partial charge in [-0.25, -0.2) is 4.79 Å². The summed E-state index contributed by atoms with van der Waals surface area (Å²) in [7, 11) is 1.72. The van der Waals surface area contributed by atoms with Crippen LogP contribution in [0, 0.1) is 11.8 Å². The molecule has 1 saturated carbocycles. The van der Waals surface area contributed by atoms with Crippen molar-refractivity contribution in [3.05, 3.63) is 106 Å². The Balaban J connectivity index is 1.18. The number of carbonyl (C=O) groups is 1. The second-order valence-corrected chi connectivity index (χ2v) is 15.2. The van der Waals surface area contributed by atoms with Crippen LogP contribution < -0.4 is 14.8 Å². The highest BCUT2D eigenvalue weighted by Crippen LogP contribution is 2.57. The van der Waals surface area contributed by atoms with Gasteiger partial charge in [-0.05, 0) is 128 Å². The van der Waals surface area contributed by atoms with Crippen LogP contribution in [0.25, 0.3) is 11.1 Å². The van der Waals surface area contributed by atoms with E-state index in [0.29, 0.717) is 42.2 Å². The zero-order valence-electron chi connectivity index (χ0n) is 28.8. The van der Waals surface area contributed by atoms with Crippen LogP contribution >= 0.6 is 11.6 Å². The zero-order valence-corrected chi connectivity index (χ0v) is 29.6. The first-order valence-electron chi connectivity index (χ1n) is 17.9. The Morgan fingerprint density at radius 2 is 1.86 bits per heavy atom. The number of anilines is 1. The van der Waals surface area contributed by atoms with Gasteiger partial charge in [0.1, 0.15) is 17.0 Å². The van der Waals surface area contributed by atoms with Gasteiger partial charge in [0.15, 0.2) is 0 Å². The number of rotatable bonds is 10. The molecule has 49 heavy (non-hydrogen) atoms. The molecule has 7 heteroatoms. The molecule has 256 valence electrons. The third kappa shape index (κ3) is 6.40. The van der Waals surface area contributed by atoms with E-state index in [0.717, 1.165) is 60.4 Å². The molecule has 3 aliphatic rings. The lowest BCUT2D eigenvalue weighted by molar-refractivity contribution is -0.144. The number of aryl methyl sites for hydroxylation is 1. The molecule has 6 nitrogen and oxygen atoms in total. The van der Waals surface area contributed by atoms with Gasteiger partial charge in [-0.3, -0.25) is 4.98 Å². The van der Waals surface area contributed by atoms with Crippen LogP contribution in [0.2, 0.25) is 5.02 Å². The zero-order chi connectivity index (χ0) is 34.2. The number of methoxy groups -OCH3 is 1. The van der Waals surface area contributed by atoms with Crippen molar-refractivity contribution in [1.82, 2.24) is 4.98 Å². The number of ether oxygens (including phenoxy) is 2. The van der Waals surface area contributed by atoms with E-state index in [-0.39, 0.29) is 5.41 Å². The standard InChI is InChI=1S/C42H47ClN2O4/c1-27(26-49-38-16-21-44-36-12-6-8-28(2)39(36)38)22-31-23-30-15-14-29(34-11-4-5-13-37(34)48-3)24-35(30)41(31)17-19-42(20-18-41,40(46)47)45-33-10-7-9-32(43)25-33/h4-5,7,9-11,13-16,21,24-25,27-28,31,45H,6,8,12,17-20,22-23,26H2,1-3H3,(H,46,47)/t27-,28-,31+,41?,42?/m1/s1. The SMILES string of the molecule is COc1ccccc1-c1ccc2c(c1)C1(CCC(Nc3cccc(Cl)c3)(C(=O)O)CC1)[C@@H](C[C@@H](C)COc1ccnc3c1[C@H](C)CCC3)C2. The molecular formula is C42H47ClN2O4. The topological polar surface area (TPSA) is 80.7 Å². The van der Waals surface area contributed by atoms with E-state index in [2.05, 4.69) is 54.5 Å². The third-order valence-electron chi connectivity index (χ3n) is 11.7. The van der Waals surface area contributed by atoms with E-state index in [1.54, 1.807) is 7.11 Å². The molecule has 7 rings (SSSR count). The number of carboxylic acid groups (broad SMARTS) is 1. The van der Waals surface area contributed by atoms with Crippen LogP contribution in [0.4, 0.5) is 5.69 Å². The van der Waals surface area contributed by atoms with E-state index in [1.807, 2.05) is 48.7 Å². The molecule has 1 spiro atoms. The number of nitrogens with zero attached hydrogens (tertiary/aromatic N) is 1. The van der Waals surface area contributed by atoms with Crippen molar-refractivity contribution >= 4 is 23.3 Å². The summed E-state index contributed by atoms with van der Waals surface area (Å²) in [6.45, 7) is 5.24. The van der Waals surface area contributed by atoms with E-state index < -0.39 is 11.5 Å². The summed E-state index contributed by atoms with van der Waals surface area (Å²) in [5.41, 5.74) is 6.97. The average Bonchev–Trinajstić information content (AvgIpc) is 3.39. The van der Waals surface area contributed by atoms with Crippen molar-refractivity contribution in [2.45, 2.75) is 88.5 Å². The van der Waals surface area contributed by atoms with Gasteiger partial charge in [0.2, 0.25) is 0 Å². The van der Waals surface area contributed by atoms with Crippen molar-refractivity contribution in [3.8, 4) is 22.6 Å². The van der Waals surface area contributed by atoms with Crippen LogP contribution in [0.3, 0.4) is 0 Å². The van der Waals surface area contributed by atoms with Crippen LogP contribution in [0.5, 0.6) is 11.5 Å². The number of aromatic nitrogens is 1. The highest BCUT2D eigenvalue weighted by molar-refractivity contribution is 6.30. The van der Waals surface area contributed by atoms with Crippen molar-refractivity contribution in [1.29, 1.82) is 0 Å². The maximum absolute atomic E-state index is 13.0. The van der Waals surface area contributed by atoms with Gasteiger partial charge in [0, 0.05) is 33.7 Å². The summed E-state index contributed by atoms with van der Waals surface area (Å²) < 4.78 is 12.3. The number of aliphatic carboxylic acids is 1. The summed E-state index contributed by atoms with van der Waals surface area (Å²) in [5, 5.41) is 14.7.